The lowest BCUT2D eigenvalue weighted by atomic mass is 10.2. The largest absolute Gasteiger partial charge is 0.338 e. The third-order valence-corrected chi connectivity index (χ3v) is 5.32. The van der Waals surface area contributed by atoms with Crippen LogP contribution in [0.4, 0.5) is 11.5 Å². The number of hydrogen-bond acceptors (Lipinski definition) is 4. The Balaban J connectivity index is 1.90. The van der Waals surface area contributed by atoms with Gasteiger partial charge in [0.05, 0.1) is 16.1 Å². The Morgan fingerprint density at radius 3 is 2.90 bits per heavy atom. The van der Waals surface area contributed by atoms with Crippen LogP contribution in [0.3, 0.4) is 0 Å². The molecule has 0 unspecified atom stereocenters. The van der Waals surface area contributed by atoms with E-state index in [1.807, 2.05) is 31.2 Å². The molecule has 1 aliphatic carbocycles. The summed E-state index contributed by atoms with van der Waals surface area (Å²) < 4.78 is 0. The zero-order chi connectivity index (χ0) is 14.4. The van der Waals surface area contributed by atoms with Crippen molar-refractivity contribution >= 4 is 44.7 Å². The maximum atomic E-state index is 6.25. The average molecular weight is 316 g/mol. The monoisotopic (exact) mass is 315 g/mol. The first-order valence-corrected chi connectivity index (χ1v) is 8.22. The van der Waals surface area contributed by atoms with Gasteiger partial charge in [0.15, 0.2) is 0 Å². The van der Waals surface area contributed by atoms with Gasteiger partial charge >= 0.3 is 0 Å². The summed E-state index contributed by atoms with van der Waals surface area (Å²) in [4.78, 5) is 11.8. The van der Waals surface area contributed by atoms with Crippen LogP contribution >= 0.6 is 22.9 Å². The summed E-state index contributed by atoms with van der Waals surface area (Å²) >= 11 is 8.06. The van der Waals surface area contributed by atoms with Crippen LogP contribution in [0.25, 0.3) is 10.2 Å². The fourth-order valence-electron chi connectivity index (χ4n) is 2.88. The SMILES string of the molecule is Cc1nc(Nc2ccccc2Cl)c2c3c(sc2n1)CCC3. The first-order valence-electron chi connectivity index (χ1n) is 7.03. The van der Waals surface area contributed by atoms with Gasteiger partial charge in [0.1, 0.15) is 16.5 Å². The van der Waals surface area contributed by atoms with Crippen LogP contribution in [-0.4, -0.2) is 9.97 Å². The van der Waals surface area contributed by atoms with Crippen molar-refractivity contribution in [3.8, 4) is 0 Å². The number of para-hydroxylation sites is 1. The second-order valence-electron chi connectivity index (χ2n) is 5.26. The molecule has 0 atom stereocenters. The van der Waals surface area contributed by atoms with Gasteiger partial charge in [-0.25, -0.2) is 9.97 Å². The van der Waals surface area contributed by atoms with E-state index in [0.717, 1.165) is 28.6 Å². The normalized spacial score (nSPS) is 13.6. The maximum absolute atomic E-state index is 6.25. The van der Waals surface area contributed by atoms with Crippen LogP contribution < -0.4 is 5.32 Å². The summed E-state index contributed by atoms with van der Waals surface area (Å²) in [7, 11) is 0. The van der Waals surface area contributed by atoms with Crippen LogP contribution in [0.1, 0.15) is 22.7 Å². The van der Waals surface area contributed by atoms with E-state index in [2.05, 4.69) is 15.3 Å². The molecule has 0 saturated heterocycles. The van der Waals surface area contributed by atoms with E-state index >= 15 is 0 Å². The Bertz CT molecular complexity index is 841. The minimum atomic E-state index is 0.703. The van der Waals surface area contributed by atoms with Crippen LogP contribution in [0.15, 0.2) is 24.3 Å². The van der Waals surface area contributed by atoms with Crippen molar-refractivity contribution in [2.75, 3.05) is 5.32 Å². The molecular weight excluding hydrogens is 302 g/mol. The Hall–Kier alpha value is -1.65. The van der Waals surface area contributed by atoms with Crippen molar-refractivity contribution < 1.29 is 0 Å². The summed E-state index contributed by atoms with van der Waals surface area (Å²) in [5.41, 5.74) is 2.31. The zero-order valence-electron chi connectivity index (χ0n) is 11.6. The Labute approximate surface area is 132 Å². The summed E-state index contributed by atoms with van der Waals surface area (Å²) in [6.07, 6.45) is 3.52. The van der Waals surface area contributed by atoms with Gasteiger partial charge in [0.25, 0.3) is 0 Å². The van der Waals surface area contributed by atoms with E-state index in [1.165, 1.54) is 28.7 Å². The molecule has 0 bridgehead atoms. The molecule has 5 heteroatoms. The second kappa shape index (κ2) is 4.97. The fourth-order valence-corrected chi connectivity index (χ4v) is 4.37. The van der Waals surface area contributed by atoms with Crippen LogP contribution in [0, 0.1) is 6.92 Å². The van der Waals surface area contributed by atoms with Gasteiger partial charge < -0.3 is 5.32 Å². The summed E-state index contributed by atoms with van der Waals surface area (Å²) in [5.74, 6) is 1.67. The smallest absolute Gasteiger partial charge is 0.143 e. The van der Waals surface area contributed by atoms with Crippen molar-refractivity contribution in [1.82, 2.24) is 9.97 Å². The van der Waals surface area contributed by atoms with E-state index in [9.17, 15) is 0 Å². The average Bonchev–Trinajstić information content (AvgIpc) is 3.01. The Morgan fingerprint density at radius 2 is 2.05 bits per heavy atom. The topological polar surface area (TPSA) is 37.8 Å². The third kappa shape index (κ3) is 2.19. The summed E-state index contributed by atoms with van der Waals surface area (Å²) in [6, 6.07) is 7.75. The van der Waals surface area contributed by atoms with Crippen LogP contribution in [0.5, 0.6) is 0 Å². The molecule has 2 heterocycles. The first-order chi connectivity index (χ1) is 10.2. The molecule has 4 rings (SSSR count). The van der Waals surface area contributed by atoms with E-state index in [4.69, 9.17) is 11.6 Å². The first kappa shape index (κ1) is 13.0. The van der Waals surface area contributed by atoms with Gasteiger partial charge in [-0.2, -0.15) is 0 Å². The lowest BCUT2D eigenvalue weighted by Gasteiger charge is -2.10. The number of nitrogens with one attached hydrogen (secondary N) is 1. The second-order valence-corrected chi connectivity index (χ2v) is 6.75. The number of nitrogens with zero attached hydrogens (tertiary/aromatic N) is 2. The number of aryl methyl sites for hydroxylation is 3. The molecule has 0 spiro atoms. The standard InChI is InChI=1S/C16H14ClN3S/c1-9-18-15(20-12-7-3-2-6-11(12)17)14-10-5-4-8-13(10)21-16(14)19-9/h2-3,6-7H,4-5,8H2,1H3,(H,18,19,20). The van der Waals surface area contributed by atoms with Gasteiger partial charge in [0.2, 0.25) is 0 Å². The molecule has 0 fully saturated rings. The van der Waals surface area contributed by atoms with Crippen molar-refractivity contribution in [1.29, 1.82) is 0 Å². The zero-order valence-corrected chi connectivity index (χ0v) is 13.2. The third-order valence-electron chi connectivity index (χ3n) is 3.80. The molecule has 1 N–H and O–H groups in total. The number of benzene rings is 1. The Morgan fingerprint density at radius 1 is 1.19 bits per heavy atom. The molecule has 3 aromatic rings. The predicted molar refractivity (Wildman–Crippen MR) is 88.9 cm³/mol. The highest BCUT2D eigenvalue weighted by atomic mass is 35.5. The van der Waals surface area contributed by atoms with Crippen LogP contribution in [-0.2, 0) is 12.8 Å². The number of fused-ring (bicyclic) bond motifs is 3. The highest BCUT2D eigenvalue weighted by Gasteiger charge is 2.22. The van der Waals surface area contributed by atoms with Gasteiger partial charge in [0, 0.05) is 4.88 Å². The van der Waals surface area contributed by atoms with E-state index in [1.54, 1.807) is 11.3 Å². The molecule has 3 nitrogen and oxygen atoms in total. The molecule has 2 aromatic heterocycles. The molecule has 0 radical (unpaired) electrons. The van der Waals surface area contributed by atoms with Gasteiger partial charge in [-0.05, 0) is 43.9 Å². The number of halogens is 1. The van der Waals surface area contributed by atoms with Gasteiger partial charge in [-0.15, -0.1) is 11.3 Å². The number of aromatic nitrogens is 2. The fraction of sp³-hybridized carbons (Fsp3) is 0.250. The molecule has 0 aliphatic heterocycles. The van der Waals surface area contributed by atoms with E-state index in [-0.39, 0.29) is 0 Å². The number of rotatable bonds is 2. The van der Waals surface area contributed by atoms with Gasteiger partial charge in [-0.3, -0.25) is 0 Å². The molecule has 0 saturated carbocycles. The maximum Gasteiger partial charge on any atom is 0.143 e. The lowest BCUT2D eigenvalue weighted by molar-refractivity contribution is 0.917. The minimum Gasteiger partial charge on any atom is -0.338 e. The number of hydrogen-bond donors (Lipinski definition) is 1. The summed E-state index contributed by atoms with van der Waals surface area (Å²) in [5, 5.41) is 5.28. The lowest BCUT2D eigenvalue weighted by Crippen LogP contribution is -1.99. The molecule has 106 valence electrons. The van der Waals surface area contributed by atoms with E-state index in [0.29, 0.717) is 5.02 Å². The predicted octanol–water partition coefficient (Wildman–Crippen LogP) is 4.89. The van der Waals surface area contributed by atoms with Crippen molar-refractivity contribution in [3.63, 3.8) is 0 Å². The quantitative estimate of drug-likeness (QED) is 0.732. The molecule has 21 heavy (non-hydrogen) atoms. The summed E-state index contributed by atoms with van der Waals surface area (Å²) in [6.45, 7) is 1.93. The molecular formula is C16H14ClN3S. The van der Waals surface area contributed by atoms with Crippen molar-refractivity contribution in [2.45, 2.75) is 26.2 Å². The van der Waals surface area contributed by atoms with Crippen LogP contribution in [0.2, 0.25) is 5.02 Å². The minimum absolute atomic E-state index is 0.703. The number of thiophene rings is 1. The van der Waals surface area contributed by atoms with Crippen molar-refractivity contribution in [3.05, 3.63) is 45.6 Å². The Kier molecular flexibility index (Phi) is 3.08. The molecule has 1 aromatic carbocycles. The molecule has 0 amide bonds. The number of anilines is 2. The van der Waals surface area contributed by atoms with E-state index < -0.39 is 0 Å². The van der Waals surface area contributed by atoms with Gasteiger partial charge in [-0.1, -0.05) is 23.7 Å². The van der Waals surface area contributed by atoms with Crippen molar-refractivity contribution in [2.24, 2.45) is 0 Å². The molecule has 1 aliphatic rings. The highest BCUT2D eigenvalue weighted by Crippen LogP contribution is 2.40. The highest BCUT2D eigenvalue weighted by molar-refractivity contribution is 7.19.